The van der Waals surface area contributed by atoms with Crippen molar-refractivity contribution in [3.8, 4) is 0 Å². The summed E-state index contributed by atoms with van der Waals surface area (Å²) in [6.07, 6.45) is 2.10. The minimum absolute atomic E-state index is 0.0256. The highest BCUT2D eigenvalue weighted by molar-refractivity contribution is 6.07. The fourth-order valence-corrected chi connectivity index (χ4v) is 4.29. The van der Waals surface area contributed by atoms with Gasteiger partial charge >= 0.3 is 6.03 Å². The van der Waals surface area contributed by atoms with Crippen LogP contribution in [-0.4, -0.2) is 79.0 Å². The minimum Gasteiger partial charge on any atom is -0.322 e. The van der Waals surface area contributed by atoms with Gasteiger partial charge in [-0.25, -0.2) is 4.79 Å². The number of carbonyl (C=O) groups is 2. The monoisotopic (exact) mass is 294 g/mol. The van der Waals surface area contributed by atoms with Gasteiger partial charge in [0.1, 0.15) is 5.54 Å². The predicted molar refractivity (Wildman–Crippen MR) is 79.9 cm³/mol. The number of amides is 3. The van der Waals surface area contributed by atoms with Crippen molar-refractivity contribution >= 4 is 11.9 Å². The Labute approximate surface area is 126 Å². The molecule has 0 radical (unpaired) electrons. The molecule has 2 saturated heterocycles. The van der Waals surface area contributed by atoms with Gasteiger partial charge in [-0.2, -0.15) is 0 Å². The first-order valence-electron chi connectivity index (χ1n) is 8.00. The molecular formula is C15H26N4O2. The molecule has 118 valence electrons. The lowest BCUT2D eigenvalue weighted by Gasteiger charge is -2.43. The highest BCUT2D eigenvalue weighted by Gasteiger charge is 2.64. The van der Waals surface area contributed by atoms with Crippen molar-refractivity contribution in [3.05, 3.63) is 0 Å². The molecule has 1 aliphatic carbocycles. The van der Waals surface area contributed by atoms with E-state index in [1.807, 2.05) is 19.0 Å². The van der Waals surface area contributed by atoms with Gasteiger partial charge in [0.2, 0.25) is 0 Å². The Bertz CT molecular complexity index is 437. The van der Waals surface area contributed by atoms with Crippen molar-refractivity contribution in [1.82, 2.24) is 20.0 Å². The van der Waals surface area contributed by atoms with Crippen LogP contribution in [0.15, 0.2) is 0 Å². The zero-order valence-electron chi connectivity index (χ0n) is 13.3. The van der Waals surface area contributed by atoms with Crippen LogP contribution < -0.4 is 5.32 Å². The molecule has 0 aromatic heterocycles. The summed E-state index contributed by atoms with van der Waals surface area (Å²) in [5.74, 6) is 0.576. The average Bonchev–Trinajstić information content (AvgIpc) is 2.79. The van der Waals surface area contributed by atoms with Crippen LogP contribution in [0.1, 0.15) is 19.8 Å². The number of hydrogen-bond acceptors (Lipinski definition) is 4. The second-order valence-corrected chi connectivity index (χ2v) is 6.88. The summed E-state index contributed by atoms with van der Waals surface area (Å²) in [5.41, 5.74) is -0.602. The van der Waals surface area contributed by atoms with Gasteiger partial charge in [0.15, 0.2) is 0 Å². The van der Waals surface area contributed by atoms with E-state index in [0.717, 1.165) is 32.5 Å². The number of likely N-dealkylation sites (N-methyl/N-ethyl adjacent to an activating group) is 1. The van der Waals surface area contributed by atoms with Crippen LogP contribution in [0.2, 0.25) is 0 Å². The van der Waals surface area contributed by atoms with Crippen molar-refractivity contribution in [3.63, 3.8) is 0 Å². The Balaban J connectivity index is 1.80. The van der Waals surface area contributed by atoms with Crippen LogP contribution in [0, 0.1) is 11.8 Å². The molecule has 21 heavy (non-hydrogen) atoms. The smallest absolute Gasteiger partial charge is 0.322 e. The molecule has 2 atom stereocenters. The van der Waals surface area contributed by atoms with Crippen LogP contribution in [-0.2, 0) is 4.79 Å². The van der Waals surface area contributed by atoms with Crippen molar-refractivity contribution in [2.75, 3.05) is 46.8 Å². The molecule has 1 N–H and O–H groups in total. The summed E-state index contributed by atoms with van der Waals surface area (Å²) in [7, 11) is 3.91. The fraction of sp³-hybridized carbons (Fsp3) is 0.867. The van der Waals surface area contributed by atoms with E-state index in [2.05, 4.69) is 17.1 Å². The van der Waals surface area contributed by atoms with Gasteiger partial charge in [-0.1, -0.05) is 6.92 Å². The third-order valence-electron chi connectivity index (χ3n) is 5.48. The van der Waals surface area contributed by atoms with Crippen molar-refractivity contribution < 1.29 is 9.59 Å². The summed E-state index contributed by atoms with van der Waals surface area (Å²) >= 11 is 0. The van der Waals surface area contributed by atoms with Crippen LogP contribution in [0.3, 0.4) is 0 Å². The molecule has 3 rings (SSSR count). The molecule has 6 nitrogen and oxygen atoms in total. The van der Waals surface area contributed by atoms with E-state index in [9.17, 15) is 9.59 Å². The van der Waals surface area contributed by atoms with E-state index in [4.69, 9.17) is 0 Å². The molecule has 2 heterocycles. The number of piperidine rings is 1. The van der Waals surface area contributed by atoms with Crippen molar-refractivity contribution in [2.24, 2.45) is 11.8 Å². The number of carbonyl (C=O) groups excluding carboxylic acids is 2. The minimum atomic E-state index is -0.602. The number of hydrogen-bond donors (Lipinski definition) is 1. The zero-order valence-corrected chi connectivity index (χ0v) is 13.3. The van der Waals surface area contributed by atoms with Gasteiger partial charge in [0.25, 0.3) is 5.91 Å². The van der Waals surface area contributed by atoms with Gasteiger partial charge in [0, 0.05) is 38.0 Å². The lowest BCUT2D eigenvalue weighted by Crippen LogP contribution is -2.63. The summed E-state index contributed by atoms with van der Waals surface area (Å²) < 4.78 is 0. The Morgan fingerprint density at radius 2 is 1.86 bits per heavy atom. The number of urea groups is 1. The molecule has 2 bridgehead atoms. The topological polar surface area (TPSA) is 55.9 Å². The second kappa shape index (κ2) is 5.25. The van der Waals surface area contributed by atoms with Crippen LogP contribution >= 0.6 is 0 Å². The Morgan fingerprint density at radius 3 is 2.38 bits per heavy atom. The van der Waals surface area contributed by atoms with Crippen LogP contribution in [0.5, 0.6) is 0 Å². The third-order valence-corrected chi connectivity index (χ3v) is 5.48. The third kappa shape index (κ3) is 2.16. The molecule has 0 aromatic rings. The number of rotatable bonds is 4. The van der Waals surface area contributed by atoms with Crippen LogP contribution in [0.4, 0.5) is 4.79 Å². The second-order valence-electron chi connectivity index (χ2n) is 6.88. The van der Waals surface area contributed by atoms with Crippen molar-refractivity contribution in [1.29, 1.82) is 0 Å². The molecule has 6 heteroatoms. The molecule has 3 aliphatic rings. The number of imide groups is 1. The number of likely N-dealkylation sites (tertiary alicyclic amines) is 1. The van der Waals surface area contributed by atoms with E-state index < -0.39 is 5.54 Å². The first kappa shape index (κ1) is 14.8. The summed E-state index contributed by atoms with van der Waals surface area (Å²) in [6, 6.07) is -0.191. The fourth-order valence-electron chi connectivity index (χ4n) is 4.29. The Morgan fingerprint density at radius 1 is 1.24 bits per heavy atom. The quantitative estimate of drug-likeness (QED) is 0.753. The molecule has 0 aromatic carbocycles. The maximum atomic E-state index is 13.0. The molecular weight excluding hydrogens is 268 g/mol. The summed E-state index contributed by atoms with van der Waals surface area (Å²) in [4.78, 5) is 31.1. The van der Waals surface area contributed by atoms with E-state index in [0.29, 0.717) is 13.1 Å². The van der Waals surface area contributed by atoms with E-state index in [-0.39, 0.29) is 23.8 Å². The van der Waals surface area contributed by atoms with E-state index in [1.54, 1.807) is 0 Å². The first-order chi connectivity index (χ1) is 9.99. The SMILES string of the molecule is CCN1CC2CCC(C1)C21NC(=O)N(CCN(C)C)C1=O. The lowest BCUT2D eigenvalue weighted by atomic mass is 9.77. The van der Waals surface area contributed by atoms with E-state index in [1.165, 1.54) is 4.90 Å². The normalized spacial score (nSPS) is 36.1. The average molecular weight is 294 g/mol. The first-order valence-corrected chi connectivity index (χ1v) is 8.00. The molecule has 2 unspecified atom stereocenters. The maximum Gasteiger partial charge on any atom is 0.325 e. The van der Waals surface area contributed by atoms with Gasteiger partial charge in [-0.15, -0.1) is 0 Å². The Kier molecular flexibility index (Phi) is 3.69. The van der Waals surface area contributed by atoms with Gasteiger partial charge in [-0.05, 0) is 33.5 Å². The molecule has 1 spiro atoms. The predicted octanol–water partition coefficient (Wildman–Crippen LogP) is 0.200. The van der Waals surface area contributed by atoms with Crippen LogP contribution in [0.25, 0.3) is 0 Å². The molecule has 3 fully saturated rings. The highest BCUT2D eigenvalue weighted by atomic mass is 16.2. The lowest BCUT2D eigenvalue weighted by molar-refractivity contribution is -0.136. The maximum absolute atomic E-state index is 13.0. The van der Waals surface area contributed by atoms with Gasteiger partial charge < -0.3 is 15.1 Å². The zero-order chi connectivity index (χ0) is 15.2. The van der Waals surface area contributed by atoms with Crippen molar-refractivity contribution in [2.45, 2.75) is 25.3 Å². The van der Waals surface area contributed by atoms with E-state index >= 15 is 0 Å². The van der Waals surface area contributed by atoms with Gasteiger partial charge in [-0.3, -0.25) is 9.69 Å². The Hall–Kier alpha value is -1.14. The summed E-state index contributed by atoms with van der Waals surface area (Å²) in [6.45, 7) is 6.24. The molecule has 1 saturated carbocycles. The molecule has 2 aliphatic heterocycles. The number of nitrogens with zero attached hydrogens (tertiary/aromatic N) is 3. The molecule has 3 amide bonds. The standard InChI is InChI=1S/C15H26N4O2/c1-4-18-9-11-5-6-12(10-18)15(11)13(20)19(14(21)16-15)8-7-17(2)3/h11-12H,4-10H2,1-3H3,(H,16,21). The summed E-state index contributed by atoms with van der Waals surface area (Å²) in [5, 5.41) is 3.09. The van der Waals surface area contributed by atoms with Gasteiger partial charge in [0.05, 0.1) is 0 Å². The largest absolute Gasteiger partial charge is 0.325 e. The number of nitrogens with one attached hydrogen (secondary N) is 1. The highest BCUT2D eigenvalue weighted by Crippen LogP contribution is 2.48.